The Morgan fingerprint density at radius 1 is 0.786 bits per heavy atom. The second-order valence-corrected chi connectivity index (χ2v) is 5.20. The molecule has 0 aromatic heterocycles. The number of unbranched alkanes of at least 4 members (excludes halogenated alkanes) is 2. The normalized spacial score (nSPS) is 11.1. The van der Waals surface area contributed by atoms with Crippen LogP contribution in [0.15, 0.2) is 0 Å². The molecule has 0 aromatic rings. The molecule has 6 heteroatoms. The number of hydrogen-bond acceptors (Lipinski definition) is 2. The van der Waals surface area contributed by atoms with Crippen molar-refractivity contribution in [3.8, 4) is 0 Å². The van der Waals surface area contributed by atoms with Crippen molar-refractivity contribution in [2.75, 3.05) is 25.0 Å². The van der Waals surface area contributed by atoms with Crippen molar-refractivity contribution in [3.05, 3.63) is 0 Å². The van der Waals surface area contributed by atoms with Gasteiger partial charge in [0.05, 0.1) is 13.2 Å². The summed E-state index contributed by atoms with van der Waals surface area (Å²) >= 11 is 16.8. The fourth-order valence-corrected chi connectivity index (χ4v) is 2.11. The van der Waals surface area contributed by atoms with Crippen LogP contribution >= 0.6 is 42.2 Å². The van der Waals surface area contributed by atoms with Crippen LogP contribution in [0.5, 0.6) is 0 Å². The Kier molecular flexibility index (Phi) is 13.4. The van der Waals surface area contributed by atoms with E-state index in [9.17, 15) is 0 Å². The third-order valence-electron chi connectivity index (χ3n) is 1.44. The molecule has 2 nitrogen and oxygen atoms in total. The standard InChI is InChI=1S/C8H16Cl3O2P/c9-5-1-3-7-12-14(11)13-8-4-2-6-10/h1-8H2. The third-order valence-corrected chi connectivity index (χ3v) is 3.33. The Morgan fingerprint density at radius 3 is 1.57 bits per heavy atom. The summed E-state index contributed by atoms with van der Waals surface area (Å²) in [6.07, 6.45) is 3.77. The van der Waals surface area contributed by atoms with Crippen LogP contribution in [0.3, 0.4) is 0 Å². The van der Waals surface area contributed by atoms with Crippen LogP contribution in [0, 0.1) is 0 Å². The minimum Gasteiger partial charge on any atom is -0.322 e. The molecule has 0 atom stereocenters. The zero-order valence-electron chi connectivity index (χ0n) is 8.05. The van der Waals surface area contributed by atoms with Crippen LogP contribution in [0.4, 0.5) is 0 Å². The van der Waals surface area contributed by atoms with Crippen LogP contribution in [-0.2, 0) is 9.05 Å². The molecule has 86 valence electrons. The first-order valence-electron chi connectivity index (χ1n) is 4.65. The van der Waals surface area contributed by atoms with E-state index >= 15 is 0 Å². The second-order valence-electron chi connectivity index (χ2n) is 2.67. The highest BCUT2D eigenvalue weighted by atomic mass is 35.7. The molecule has 0 saturated heterocycles. The van der Waals surface area contributed by atoms with Crippen molar-refractivity contribution in [2.24, 2.45) is 0 Å². The molecule has 0 aromatic carbocycles. The van der Waals surface area contributed by atoms with Crippen LogP contribution < -0.4 is 0 Å². The predicted molar refractivity (Wildman–Crippen MR) is 64.6 cm³/mol. The maximum atomic E-state index is 5.79. The van der Waals surface area contributed by atoms with Gasteiger partial charge in [-0.05, 0) is 36.9 Å². The summed E-state index contributed by atoms with van der Waals surface area (Å²) in [5, 5.41) is 0. The Labute approximate surface area is 102 Å². The van der Waals surface area contributed by atoms with E-state index in [1.807, 2.05) is 0 Å². The summed E-state index contributed by atoms with van der Waals surface area (Å²) in [5.41, 5.74) is 0. The average molecular weight is 282 g/mol. The van der Waals surface area contributed by atoms with E-state index in [-0.39, 0.29) is 0 Å². The Morgan fingerprint density at radius 2 is 1.21 bits per heavy atom. The monoisotopic (exact) mass is 280 g/mol. The van der Waals surface area contributed by atoms with Gasteiger partial charge in [0.15, 0.2) is 0 Å². The van der Waals surface area contributed by atoms with Gasteiger partial charge in [0, 0.05) is 11.8 Å². The van der Waals surface area contributed by atoms with Crippen molar-refractivity contribution < 1.29 is 9.05 Å². The molecule has 0 aliphatic carbocycles. The lowest BCUT2D eigenvalue weighted by molar-refractivity contribution is 0.254. The highest BCUT2D eigenvalue weighted by molar-refractivity contribution is 7.76. The van der Waals surface area contributed by atoms with Gasteiger partial charge in [0.2, 0.25) is 0 Å². The van der Waals surface area contributed by atoms with Gasteiger partial charge in [-0.25, -0.2) is 0 Å². The molecule has 0 saturated carbocycles. The largest absolute Gasteiger partial charge is 0.322 e. The second kappa shape index (κ2) is 12.3. The summed E-state index contributed by atoms with van der Waals surface area (Å²) in [6.45, 7) is 1.24. The minimum absolute atomic E-state index is 0.622. The number of rotatable bonds is 10. The van der Waals surface area contributed by atoms with Gasteiger partial charge in [0.1, 0.15) is 0 Å². The molecule has 0 unspecified atom stereocenters. The smallest absolute Gasteiger partial charge is 0.276 e. The SMILES string of the molecule is ClCCCCOP(Cl)OCCCCCl. The van der Waals surface area contributed by atoms with E-state index < -0.39 is 7.73 Å². The molecule has 0 rings (SSSR count). The van der Waals surface area contributed by atoms with Crippen molar-refractivity contribution >= 4 is 42.2 Å². The maximum Gasteiger partial charge on any atom is 0.276 e. The van der Waals surface area contributed by atoms with E-state index in [0.717, 1.165) is 25.7 Å². The quantitative estimate of drug-likeness (QED) is 0.333. The Balaban J connectivity index is 3.07. The lowest BCUT2D eigenvalue weighted by atomic mass is 10.4. The molecule has 0 spiro atoms. The molecular weight excluding hydrogens is 265 g/mol. The van der Waals surface area contributed by atoms with Gasteiger partial charge in [-0.15, -0.1) is 23.2 Å². The van der Waals surface area contributed by atoms with Crippen LogP contribution in [-0.4, -0.2) is 25.0 Å². The summed E-state index contributed by atoms with van der Waals surface area (Å²) in [4.78, 5) is 0. The van der Waals surface area contributed by atoms with Crippen molar-refractivity contribution in [3.63, 3.8) is 0 Å². The minimum atomic E-state index is -1.23. The Hall–Kier alpha value is 1.22. The molecule has 0 N–H and O–H groups in total. The van der Waals surface area contributed by atoms with E-state index in [4.69, 9.17) is 43.5 Å². The predicted octanol–water partition coefficient (Wildman–Crippen LogP) is 4.52. The zero-order valence-corrected chi connectivity index (χ0v) is 11.2. The van der Waals surface area contributed by atoms with Gasteiger partial charge >= 0.3 is 0 Å². The van der Waals surface area contributed by atoms with Gasteiger partial charge in [-0.2, -0.15) is 0 Å². The first kappa shape index (κ1) is 15.2. The lowest BCUT2D eigenvalue weighted by Gasteiger charge is -2.09. The summed E-state index contributed by atoms with van der Waals surface area (Å²) in [5.74, 6) is 1.33. The molecule has 0 heterocycles. The van der Waals surface area contributed by atoms with Crippen molar-refractivity contribution in [1.82, 2.24) is 0 Å². The molecule has 0 bridgehead atoms. The first-order valence-corrected chi connectivity index (χ1v) is 7.80. The van der Waals surface area contributed by atoms with Gasteiger partial charge in [-0.3, -0.25) is 0 Å². The zero-order chi connectivity index (χ0) is 10.6. The summed E-state index contributed by atoms with van der Waals surface area (Å²) in [7, 11) is -1.23. The average Bonchev–Trinajstić information content (AvgIpc) is 2.19. The molecule has 0 fully saturated rings. The molecule has 0 amide bonds. The highest BCUT2D eigenvalue weighted by Gasteiger charge is 2.05. The first-order chi connectivity index (χ1) is 6.81. The summed E-state index contributed by atoms with van der Waals surface area (Å²) < 4.78 is 10.5. The molecular formula is C8H16Cl3O2P. The highest BCUT2D eigenvalue weighted by Crippen LogP contribution is 2.43. The lowest BCUT2D eigenvalue weighted by Crippen LogP contribution is -1.93. The fraction of sp³-hybridized carbons (Fsp3) is 1.00. The third kappa shape index (κ3) is 11.3. The van der Waals surface area contributed by atoms with E-state index in [0.29, 0.717) is 25.0 Å². The van der Waals surface area contributed by atoms with E-state index in [1.165, 1.54) is 0 Å². The molecule has 0 aliphatic heterocycles. The van der Waals surface area contributed by atoms with Crippen LogP contribution in [0.25, 0.3) is 0 Å². The molecule has 14 heavy (non-hydrogen) atoms. The van der Waals surface area contributed by atoms with Crippen molar-refractivity contribution in [1.29, 1.82) is 0 Å². The summed E-state index contributed by atoms with van der Waals surface area (Å²) in [6, 6.07) is 0. The van der Waals surface area contributed by atoms with Gasteiger partial charge in [0.25, 0.3) is 7.73 Å². The fourth-order valence-electron chi connectivity index (χ4n) is 0.703. The van der Waals surface area contributed by atoms with Crippen molar-refractivity contribution in [2.45, 2.75) is 25.7 Å². The number of hydrogen-bond donors (Lipinski definition) is 0. The molecule has 0 radical (unpaired) electrons. The van der Waals surface area contributed by atoms with E-state index in [2.05, 4.69) is 0 Å². The number of halogens is 3. The van der Waals surface area contributed by atoms with Crippen LogP contribution in [0.2, 0.25) is 0 Å². The van der Waals surface area contributed by atoms with Crippen LogP contribution in [0.1, 0.15) is 25.7 Å². The molecule has 0 aliphatic rings. The van der Waals surface area contributed by atoms with Gasteiger partial charge < -0.3 is 9.05 Å². The van der Waals surface area contributed by atoms with E-state index in [1.54, 1.807) is 0 Å². The Bertz CT molecular complexity index is 107. The maximum absolute atomic E-state index is 5.79. The van der Waals surface area contributed by atoms with Gasteiger partial charge in [-0.1, -0.05) is 0 Å². The number of alkyl halides is 2. The topological polar surface area (TPSA) is 18.5 Å².